The van der Waals surface area contributed by atoms with Crippen LogP contribution in [0, 0.1) is 11.8 Å². The number of phenolic OH excluding ortho intramolecular Hbond substituents is 1. The van der Waals surface area contributed by atoms with Crippen LogP contribution >= 0.6 is 0 Å². The van der Waals surface area contributed by atoms with Crippen LogP contribution in [-0.2, 0) is 9.53 Å². The number of rotatable bonds is 4. The number of nitrogens with zero attached hydrogens (tertiary/aromatic N) is 1. The zero-order chi connectivity index (χ0) is 24.0. The smallest absolute Gasteiger partial charge is 0.341 e. The highest BCUT2D eigenvalue weighted by Crippen LogP contribution is 2.54. The van der Waals surface area contributed by atoms with Crippen molar-refractivity contribution in [2.24, 2.45) is 11.8 Å². The van der Waals surface area contributed by atoms with Gasteiger partial charge < -0.3 is 29.3 Å². The molecule has 8 nitrogen and oxygen atoms in total. The fourth-order valence-corrected chi connectivity index (χ4v) is 5.57. The number of carbonyl (C=O) groups is 2. The summed E-state index contributed by atoms with van der Waals surface area (Å²) in [6.45, 7) is 4.62. The second-order valence-electron chi connectivity index (χ2n) is 9.82. The van der Waals surface area contributed by atoms with Crippen molar-refractivity contribution in [1.82, 2.24) is 4.90 Å². The van der Waals surface area contributed by atoms with Crippen molar-refractivity contribution in [3.8, 4) is 17.2 Å². The third kappa shape index (κ3) is 3.96. The Hall–Kier alpha value is -3.26. The van der Waals surface area contributed by atoms with E-state index in [9.17, 15) is 14.7 Å². The molecule has 3 aliphatic heterocycles. The molecule has 0 radical (unpaired) electrons. The lowest BCUT2D eigenvalue weighted by molar-refractivity contribution is -0.184. The minimum absolute atomic E-state index is 0.00732. The van der Waals surface area contributed by atoms with Gasteiger partial charge in [0.05, 0.1) is 17.8 Å². The number of aliphatic carboxylic acids is 1. The monoisotopic (exact) mass is 467 g/mol. The average molecular weight is 468 g/mol. The van der Waals surface area contributed by atoms with Crippen molar-refractivity contribution in [3.05, 3.63) is 53.6 Å². The highest BCUT2D eigenvalue weighted by Gasteiger charge is 2.52. The largest absolute Gasteiger partial charge is 0.504 e. The van der Waals surface area contributed by atoms with E-state index in [1.54, 1.807) is 30.3 Å². The topological polar surface area (TPSA) is 106 Å². The molecular formula is C26H29NO7. The van der Waals surface area contributed by atoms with Gasteiger partial charge in [-0.15, -0.1) is 0 Å². The van der Waals surface area contributed by atoms with Crippen molar-refractivity contribution in [1.29, 1.82) is 0 Å². The fraction of sp³-hybridized carbons (Fsp3) is 0.462. The van der Waals surface area contributed by atoms with E-state index in [0.29, 0.717) is 30.8 Å². The van der Waals surface area contributed by atoms with Gasteiger partial charge in [-0.3, -0.25) is 4.79 Å². The number of hydrogen-bond donors (Lipinski definition) is 2. The Labute approximate surface area is 198 Å². The summed E-state index contributed by atoms with van der Waals surface area (Å²) in [4.78, 5) is 26.1. The van der Waals surface area contributed by atoms with Gasteiger partial charge in [0.15, 0.2) is 18.1 Å². The summed E-state index contributed by atoms with van der Waals surface area (Å²) in [7, 11) is 0. The number of para-hydroxylation sites is 2. The lowest BCUT2D eigenvalue weighted by atomic mass is 9.70. The van der Waals surface area contributed by atoms with Gasteiger partial charge in [0, 0.05) is 30.5 Å². The van der Waals surface area contributed by atoms with Gasteiger partial charge >= 0.3 is 5.97 Å². The highest BCUT2D eigenvalue weighted by atomic mass is 16.5. The molecule has 0 saturated carbocycles. The first kappa shape index (κ1) is 22.5. The van der Waals surface area contributed by atoms with Crippen LogP contribution in [0.3, 0.4) is 0 Å². The molecule has 2 N–H and O–H groups in total. The minimum Gasteiger partial charge on any atom is -0.504 e. The second kappa shape index (κ2) is 8.51. The van der Waals surface area contributed by atoms with E-state index >= 15 is 0 Å². The highest BCUT2D eigenvalue weighted by molar-refractivity contribution is 5.97. The zero-order valence-electron chi connectivity index (χ0n) is 19.3. The molecule has 3 heterocycles. The van der Waals surface area contributed by atoms with Gasteiger partial charge in [0.2, 0.25) is 0 Å². The van der Waals surface area contributed by atoms with Crippen molar-refractivity contribution in [2.75, 3.05) is 19.7 Å². The maximum Gasteiger partial charge on any atom is 0.341 e. The Morgan fingerprint density at radius 1 is 1.18 bits per heavy atom. The van der Waals surface area contributed by atoms with Gasteiger partial charge in [-0.2, -0.15) is 0 Å². The first-order valence-corrected chi connectivity index (χ1v) is 11.6. The first-order chi connectivity index (χ1) is 16.2. The minimum atomic E-state index is -1.09. The van der Waals surface area contributed by atoms with Gasteiger partial charge in [0.25, 0.3) is 5.91 Å². The van der Waals surface area contributed by atoms with Gasteiger partial charge in [0.1, 0.15) is 11.4 Å². The maximum absolute atomic E-state index is 13.4. The molecule has 0 aliphatic carbocycles. The van der Waals surface area contributed by atoms with Gasteiger partial charge in [-0.1, -0.05) is 24.3 Å². The molecule has 2 saturated heterocycles. The lowest BCUT2D eigenvalue weighted by Crippen LogP contribution is -2.56. The number of hydrogen-bond acceptors (Lipinski definition) is 6. The molecule has 34 heavy (non-hydrogen) atoms. The molecule has 4 atom stereocenters. The molecule has 2 aromatic carbocycles. The summed E-state index contributed by atoms with van der Waals surface area (Å²) in [5, 5.41) is 19.3. The quantitative estimate of drug-likeness (QED) is 0.707. The number of carboxylic acids is 1. The van der Waals surface area contributed by atoms with E-state index in [0.717, 1.165) is 12.0 Å². The van der Waals surface area contributed by atoms with Crippen LogP contribution in [0.25, 0.3) is 0 Å². The van der Waals surface area contributed by atoms with E-state index in [1.165, 1.54) is 0 Å². The summed E-state index contributed by atoms with van der Waals surface area (Å²) < 4.78 is 18.2. The third-order valence-electron chi connectivity index (χ3n) is 7.25. The summed E-state index contributed by atoms with van der Waals surface area (Å²) in [5.41, 5.74) is 0.707. The number of carboxylic acid groups (broad SMARTS) is 1. The molecule has 0 unspecified atom stereocenters. The Balaban J connectivity index is 1.35. The van der Waals surface area contributed by atoms with E-state index in [1.807, 2.05) is 30.9 Å². The first-order valence-electron chi connectivity index (χ1n) is 11.6. The molecule has 2 fully saturated rings. The van der Waals surface area contributed by atoms with Crippen LogP contribution < -0.4 is 9.47 Å². The average Bonchev–Trinajstić information content (AvgIpc) is 2.82. The molecule has 2 aromatic rings. The molecule has 0 spiro atoms. The summed E-state index contributed by atoms with van der Waals surface area (Å²) in [6.07, 6.45) is 1.37. The molecule has 1 amide bonds. The number of benzene rings is 2. The summed E-state index contributed by atoms with van der Waals surface area (Å²) >= 11 is 0. The normalized spacial score (nSPS) is 26.9. The Bertz CT molecular complexity index is 1110. The molecule has 5 rings (SSSR count). The van der Waals surface area contributed by atoms with E-state index in [-0.39, 0.29) is 41.4 Å². The Morgan fingerprint density at radius 3 is 2.76 bits per heavy atom. The van der Waals surface area contributed by atoms with Crippen LogP contribution in [0.2, 0.25) is 0 Å². The number of phenols is 1. The van der Waals surface area contributed by atoms with Crippen LogP contribution in [0.1, 0.15) is 48.7 Å². The molecule has 0 bridgehead atoms. The number of piperidine rings is 1. The lowest BCUT2D eigenvalue weighted by Gasteiger charge is -2.53. The molecule has 3 aliphatic rings. The maximum atomic E-state index is 13.4. The predicted octanol–water partition coefficient (Wildman–Crippen LogP) is 3.64. The Kier molecular flexibility index (Phi) is 5.64. The van der Waals surface area contributed by atoms with Crippen molar-refractivity contribution >= 4 is 11.9 Å². The second-order valence-corrected chi connectivity index (χ2v) is 9.82. The number of aromatic hydroxyl groups is 1. The molecule has 180 valence electrons. The standard InChI is InChI=1S/C26H29NO7/c1-26(2)18-12-15-13-27(25(31)16-6-3-4-9-21(16)32-14-22(29)30)11-10-20(15)33-23(18)17-7-5-8-19(28)24(17)34-26/h3-9,15,18,20,23,28H,10-14H2,1-2H3,(H,29,30)/t15-,18+,20+,23-/m1/s1. The molecule has 0 aromatic heterocycles. The predicted molar refractivity (Wildman–Crippen MR) is 122 cm³/mol. The van der Waals surface area contributed by atoms with E-state index < -0.39 is 18.2 Å². The van der Waals surface area contributed by atoms with Crippen LogP contribution in [0.4, 0.5) is 0 Å². The van der Waals surface area contributed by atoms with Crippen LogP contribution in [0.5, 0.6) is 17.2 Å². The van der Waals surface area contributed by atoms with E-state index in [2.05, 4.69) is 0 Å². The number of likely N-dealkylation sites (tertiary alicyclic amines) is 1. The van der Waals surface area contributed by atoms with E-state index in [4.69, 9.17) is 19.3 Å². The summed E-state index contributed by atoms with van der Waals surface area (Å²) in [5.74, 6) is -0.149. The van der Waals surface area contributed by atoms with Crippen molar-refractivity contribution in [2.45, 2.75) is 44.5 Å². The number of ether oxygens (including phenoxy) is 3. The number of amides is 1. The van der Waals surface area contributed by atoms with Crippen molar-refractivity contribution in [3.63, 3.8) is 0 Å². The number of fused-ring (bicyclic) bond motifs is 4. The zero-order valence-corrected chi connectivity index (χ0v) is 19.3. The third-order valence-corrected chi connectivity index (χ3v) is 7.25. The summed E-state index contributed by atoms with van der Waals surface area (Å²) in [6, 6.07) is 12.1. The number of carbonyl (C=O) groups excluding carboxylic acids is 1. The van der Waals surface area contributed by atoms with Crippen molar-refractivity contribution < 1.29 is 34.0 Å². The van der Waals surface area contributed by atoms with Crippen LogP contribution in [0.15, 0.2) is 42.5 Å². The van der Waals surface area contributed by atoms with Crippen LogP contribution in [-0.4, -0.2) is 58.4 Å². The van der Waals surface area contributed by atoms with Gasteiger partial charge in [-0.05, 0) is 44.9 Å². The molecular weight excluding hydrogens is 438 g/mol. The van der Waals surface area contributed by atoms with Gasteiger partial charge in [-0.25, -0.2) is 4.79 Å². The SMILES string of the molecule is CC1(C)Oc2c(O)cccc2[C@H]2O[C@H]3CCN(C(=O)c4ccccc4OCC(=O)O)C[C@H]3C[C@@H]21. The fourth-order valence-electron chi connectivity index (χ4n) is 5.57. The molecule has 8 heteroatoms. The Morgan fingerprint density at radius 2 is 1.97 bits per heavy atom.